The molecule has 0 aliphatic carbocycles. The molecule has 11 nitrogen and oxygen atoms in total. The quantitative estimate of drug-likeness (QED) is 0.173. The van der Waals surface area contributed by atoms with Crippen LogP contribution in [0.1, 0.15) is 48.4 Å². The Morgan fingerprint density at radius 1 is 0.976 bits per heavy atom. The monoisotopic (exact) mass is 631 g/mol. The lowest BCUT2D eigenvalue weighted by Gasteiger charge is -2.24. The number of carbonyl (C=O) groups excluding carboxylic acids is 3. The second kappa shape index (κ2) is 16.3. The number of benzene rings is 1. The summed E-state index contributed by atoms with van der Waals surface area (Å²) in [6, 6.07) is 2.90. The van der Waals surface area contributed by atoms with Crippen molar-refractivity contribution in [2.45, 2.75) is 51.7 Å². The summed E-state index contributed by atoms with van der Waals surface area (Å²) in [5, 5.41) is 21.9. The molecular weight excluding hydrogens is 584 g/mol. The van der Waals surface area contributed by atoms with Gasteiger partial charge >= 0.3 is 0 Å². The van der Waals surface area contributed by atoms with Gasteiger partial charge < -0.3 is 26.4 Å². The molecule has 6 atom stereocenters. The van der Waals surface area contributed by atoms with E-state index in [-0.39, 0.29) is 41.0 Å². The maximum atomic E-state index is 13.5. The topological polar surface area (TPSA) is 157 Å². The Morgan fingerprint density at radius 3 is 1.95 bits per heavy atom. The Balaban J connectivity index is 3.31. The van der Waals surface area contributed by atoms with Gasteiger partial charge in [-0.3, -0.25) is 18.7 Å². The predicted molar refractivity (Wildman–Crippen MR) is 174 cm³/mol. The standard InChI is InChI=1S/C27H45N5O6P2S/c1-17(2)14-29-27(36)24(18(3)33)28-15-22(16-39(6)7)31-26(35)21-11-20(25(34)30-19(4)40(8)9)12-23(13-21)32(5)41(10,37)38/h11-13,17-19,22,24,28,33H,6,8,14-16H2,1-5,7,9-10H3,(H-2,29,30,31,34,35,36)/p+2. The number of sulfonamides is 1. The zero-order valence-electron chi connectivity index (χ0n) is 25.4. The van der Waals surface area contributed by atoms with Crippen molar-refractivity contribution in [3.05, 3.63) is 29.3 Å². The number of aliphatic hydroxyl groups is 1. The van der Waals surface area contributed by atoms with E-state index < -0.39 is 55.1 Å². The molecule has 0 radical (unpaired) electrons. The lowest BCUT2D eigenvalue weighted by molar-refractivity contribution is -0.125. The minimum atomic E-state index is -3.68. The third kappa shape index (κ3) is 12.6. The molecule has 3 amide bonds. The fourth-order valence-corrected chi connectivity index (χ4v) is 5.40. The highest BCUT2D eigenvalue weighted by Crippen LogP contribution is 2.23. The van der Waals surface area contributed by atoms with E-state index in [9.17, 15) is 27.9 Å². The van der Waals surface area contributed by atoms with Gasteiger partial charge in [0.1, 0.15) is 19.7 Å². The SMILES string of the molecule is C=[P+](C)CC(CNC(C(=O)NCC(C)C)C(C)O)NC(=O)c1cc(C(=O)NC(C)[P+](=C)C)cc(N(C)S(C)(=O)=O)c1. The summed E-state index contributed by atoms with van der Waals surface area (Å²) in [7, 11) is -3.75. The van der Waals surface area contributed by atoms with E-state index >= 15 is 0 Å². The van der Waals surface area contributed by atoms with Gasteiger partial charge in [0, 0.05) is 31.3 Å². The molecule has 14 heteroatoms. The molecule has 0 aromatic heterocycles. The van der Waals surface area contributed by atoms with Gasteiger partial charge in [-0.25, -0.2) is 8.42 Å². The van der Waals surface area contributed by atoms with E-state index in [0.29, 0.717) is 12.7 Å². The number of rotatable bonds is 16. The van der Waals surface area contributed by atoms with Crippen LogP contribution in [0.4, 0.5) is 5.69 Å². The third-order valence-electron chi connectivity index (χ3n) is 6.21. The maximum Gasteiger partial charge on any atom is 0.254 e. The van der Waals surface area contributed by atoms with Crippen LogP contribution in [0.2, 0.25) is 0 Å². The van der Waals surface area contributed by atoms with Crippen molar-refractivity contribution >= 4 is 61.1 Å². The molecule has 0 saturated heterocycles. The maximum absolute atomic E-state index is 13.5. The summed E-state index contributed by atoms with van der Waals surface area (Å²) < 4.78 is 25.5. The predicted octanol–water partition coefficient (Wildman–Crippen LogP) is 1.46. The lowest BCUT2D eigenvalue weighted by Crippen LogP contribution is -2.55. The molecule has 1 aromatic rings. The fourth-order valence-electron chi connectivity index (χ4n) is 3.60. The Morgan fingerprint density at radius 2 is 1.51 bits per heavy atom. The first kappa shape index (κ1) is 36.7. The molecule has 1 aromatic carbocycles. The fraction of sp³-hybridized carbons (Fsp3) is 0.593. The van der Waals surface area contributed by atoms with Crippen LogP contribution in [0, 0.1) is 5.92 Å². The number of hydrogen-bond donors (Lipinski definition) is 5. The molecule has 0 aliphatic heterocycles. The van der Waals surface area contributed by atoms with Crippen LogP contribution >= 0.6 is 15.1 Å². The zero-order valence-corrected chi connectivity index (χ0v) is 28.0. The first-order valence-corrected chi connectivity index (χ1v) is 19.3. The Kier molecular flexibility index (Phi) is 14.6. The highest BCUT2D eigenvalue weighted by atomic mass is 32.2. The van der Waals surface area contributed by atoms with Crippen molar-refractivity contribution in [2.75, 3.05) is 50.2 Å². The smallest absolute Gasteiger partial charge is 0.254 e. The van der Waals surface area contributed by atoms with Gasteiger partial charge in [0.15, 0.2) is 5.78 Å². The van der Waals surface area contributed by atoms with Crippen LogP contribution in [0.3, 0.4) is 0 Å². The molecule has 0 fully saturated rings. The van der Waals surface area contributed by atoms with Crippen LogP contribution in [0.5, 0.6) is 0 Å². The Hall–Kier alpha value is -2.36. The molecule has 0 heterocycles. The molecule has 230 valence electrons. The third-order valence-corrected chi connectivity index (χ3v) is 9.93. The number of amides is 3. The Labute approximate surface area is 247 Å². The summed E-state index contributed by atoms with van der Waals surface area (Å²) in [6.45, 7) is 11.8. The second-order valence-corrected chi connectivity index (χ2v) is 17.3. The summed E-state index contributed by atoms with van der Waals surface area (Å²) in [5.41, 5.74) is 0.389. The highest BCUT2D eigenvalue weighted by molar-refractivity contribution is 7.92. The normalized spacial score (nSPS) is 15.3. The van der Waals surface area contributed by atoms with Crippen molar-refractivity contribution in [3.8, 4) is 0 Å². The van der Waals surface area contributed by atoms with Crippen molar-refractivity contribution in [2.24, 2.45) is 5.92 Å². The van der Waals surface area contributed by atoms with Crippen LogP contribution < -0.4 is 25.6 Å². The summed E-state index contributed by atoms with van der Waals surface area (Å²) in [5.74, 6) is -1.26. The average molecular weight is 632 g/mol. The van der Waals surface area contributed by atoms with E-state index in [4.69, 9.17) is 0 Å². The van der Waals surface area contributed by atoms with Gasteiger partial charge in [-0.05, 0) is 38.0 Å². The van der Waals surface area contributed by atoms with E-state index in [1.165, 1.54) is 32.2 Å². The van der Waals surface area contributed by atoms with Gasteiger partial charge in [-0.2, -0.15) is 0 Å². The second-order valence-electron chi connectivity index (χ2n) is 10.9. The minimum Gasteiger partial charge on any atom is -0.391 e. The van der Waals surface area contributed by atoms with Crippen LogP contribution in [-0.4, -0.2) is 114 Å². The average Bonchev–Trinajstić information content (AvgIpc) is 2.85. The van der Waals surface area contributed by atoms with Gasteiger partial charge in [0.2, 0.25) is 15.9 Å². The van der Waals surface area contributed by atoms with Gasteiger partial charge in [-0.1, -0.05) is 13.8 Å². The number of hydrogen-bond acceptors (Lipinski definition) is 7. The van der Waals surface area contributed by atoms with Gasteiger partial charge in [0.05, 0.1) is 57.6 Å². The highest BCUT2D eigenvalue weighted by Gasteiger charge is 2.27. The molecule has 0 bridgehead atoms. The number of nitrogens with one attached hydrogen (secondary N) is 4. The first-order valence-electron chi connectivity index (χ1n) is 13.3. The van der Waals surface area contributed by atoms with Crippen LogP contribution in [0.15, 0.2) is 18.2 Å². The van der Waals surface area contributed by atoms with Crippen molar-refractivity contribution in [1.82, 2.24) is 21.3 Å². The molecule has 0 spiro atoms. The van der Waals surface area contributed by atoms with Crippen molar-refractivity contribution in [1.29, 1.82) is 0 Å². The molecule has 0 saturated carbocycles. The Bertz CT molecular complexity index is 1240. The van der Waals surface area contributed by atoms with E-state index in [1.54, 1.807) is 0 Å². The summed E-state index contributed by atoms with van der Waals surface area (Å²) in [4.78, 5) is 39.1. The van der Waals surface area contributed by atoms with Crippen molar-refractivity contribution in [3.63, 3.8) is 0 Å². The van der Waals surface area contributed by atoms with E-state index in [0.717, 1.165) is 10.6 Å². The number of anilines is 1. The molecule has 5 N–H and O–H groups in total. The molecule has 0 aliphatic rings. The van der Waals surface area contributed by atoms with Crippen molar-refractivity contribution < 1.29 is 27.9 Å². The molecule has 1 rings (SSSR count). The first-order chi connectivity index (χ1) is 18.8. The number of carbonyl (C=O) groups is 3. The van der Waals surface area contributed by atoms with E-state index in [2.05, 4.69) is 33.9 Å². The summed E-state index contributed by atoms with van der Waals surface area (Å²) >= 11 is 0. The van der Waals surface area contributed by atoms with Gasteiger partial charge in [-0.15, -0.1) is 0 Å². The number of nitrogens with zero attached hydrogens (tertiary/aromatic N) is 1. The number of aliphatic hydroxyl groups excluding tert-OH is 1. The molecule has 41 heavy (non-hydrogen) atoms. The summed E-state index contributed by atoms with van der Waals surface area (Å²) in [6.07, 6.45) is 8.63. The zero-order chi connectivity index (χ0) is 31.7. The largest absolute Gasteiger partial charge is 0.391 e. The lowest BCUT2D eigenvalue weighted by atomic mass is 10.1. The minimum absolute atomic E-state index is 0.0976. The van der Waals surface area contributed by atoms with E-state index in [1.807, 2.05) is 34.1 Å². The molecule has 6 unspecified atom stereocenters. The van der Waals surface area contributed by atoms with Crippen LogP contribution in [-0.2, 0) is 14.8 Å². The van der Waals surface area contributed by atoms with Gasteiger partial charge in [0.25, 0.3) is 11.8 Å². The molecular formula is C27H47N5O6P2S+2. The van der Waals surface area contributed by atoms with Crippen LogP contribution in [0.25, 0.3) is 0 Å².